The first-order chi connectivity index (χ1) is 12.5. The number of nitrogens with one attached hydrogen (secondary N) is 1. The van der Waals surface area contributed by atoms with Gasteiger partial charge >= 0.3 is 0 Å². The summed E-state index contributed by atoms with van der Waals surface area (Å²) in [6.45, 7) is 0.249. The number of hydrogen-bond donors (Lipinski definition) is 1. The minimum Gasteiger partial charge on any atom is -0.496 e. The Kier molecular flexibility index (Phi) is 5.59. The molecule has 3 rings (SSSR count). The zero-order valence-corrected chi connectivity index (χ0v) is 15.3. The fraction of sp³-hybridized carbons (Fsp3) is 0.550. The molecule has 1 saturated heterocycles. The van der Waals surface area contributed by atoms with Gasteiger partial charge in [0.2, 0.25) is 17.7 Å². The van der Waals surface area contributed by atoms with Gasteiger partial charge in [0.15, 0.2) is 0 Å². The van der Waals surface area contributed by atoms with E-state index in [0.717, 1.165) is 41.9 Å². The number of imide groups is 1. The quantitative estimate of drug-likeness (QED) is 0.790. The lowest BCUT2D eigenvalue weighted by molar-refractivity contribution is -0.155. The van der Waals surface area contributed by atoms with Crippen molar-refractivity contribution >= 4 is 17.7 Å². The van der Waals surface area contributed by atoms with Gasteiger partial charge in [-0.15, -0.1) is 0 Å². The van der Waals surface area contributed by atoms with E-state index in [0.29, 0.717) is 25.8 Å². The molecular weight excluding hydrogens is 332 g/mol. The van der Waals surface area contributed by atoms with Gasteiger partial charge in [0.05, 0.1) is 7.11 Å². The van der Waals surface area contributed by atoms with E-state index in [4.69, 9.17) is 4.74 Å². The summed E-state index contributed by atoms with van der Waals surface area (Å²) < 4.78 is 5.29. The SMILES string of the molecule is COc1ccccc1CCNC(=O)CN1C(=O)CC2(CCCC2)CC1=O. The number of nitrogens with zero attached hydrogens (tertiary/aromatic N) is 1. The average Bonchev–Trinajstić information content (AvgIpc) is 3.06. The number of para-hydroxylation sites is 1. The van der Waals surface area contributed by atoms with E-state index >= 15 is 0 Å². The first-order valence-corrected chi connectivity index (χ1v) is 9.25. The molecule has 6 nitrogen and oxygen atoms in total. The van der Waals surface area contributed by atoms with E-state index in [1.807, 2.05) is 24.3 Å². The fourth-order valence-electron chi connectivity index (χ4n) is 4.13. The van der Waals surface area contributed by atoms with E-state index in [9.17, 15) is 14.4 Å². The molecule has 0 bridgehead atoms. The molecule has 2 aliphatic rings. The minimum absolute atomic E-state index is 0.134. The molecule has 3 amide bonds. The summed E-state index contributed by atoms with van der Waals surface area (Å²) in [5.41, 5.74) is 0.869. The second kappa shape index (κ2) is 7.89. The van der Waals surface area contributed by atoms with Crippen LogP contribution in [0.2, 0.25) is 0 Å². The number of ether oxygens (including phenoxy) is 1. The molecule has 1 aromatic rings. The van der Waals surface area contributed by atoms with Crippen molar-refractivity contribution in [3.05, 3.63) is 29.8 Å². The highest BCUT2D eigenvalue weighted by Crippen LogP contribution is 2.46. The number of carbonyl (C=O) groups excluding carboxylic acids is 3. The van der Waals surface area contributed by atoms with Crippen LogP contribution < -0.4 is 10.1 Å². The molecule has 1 N–H and O–H groups in total. The number of likely N-dealkylation sites (tertiary alicyclic amines) is 1. The molecule has 1 aliphatic heterocycles. The van der Waals surface area contributed by atoms with E-state index in [1.54, 1.807) is 7.11 Å². The van der Waals surface area contributed by atoms with Gasteiger partial charge in [-0.2, -0.15) is 0 Å². The summed E-state index contributed by atoms with van der Waals surface area (Å²) in [5.74, 6) is 0.0695. The number of carbonyl (C=O) groups is 3. The Bertz CT molecular complexity index is 675. The van der Waals surface area contributed by atoms with E-state index in [1.165, 1.54) is 0 Å². The summed E-state index contributed by atoms with van der Waals surface area (Å²) in [4.78, 5) is 38.1. The lowest BCUT2D eigenvalue weighted by Crippen LogP contribution is -2.50. The second-order valence-corrected chi connectivity index (χ2v) is 7.35. The molecule has 140 valence electrons. The van der Waals surface area contributed by atoms with Gasteiger partial charge in [-0.05, 0) is 36.3 Å². The Labute approximate surface area is 153 Å². The summed E-state index contributed by atoms with van der Waals surface area (Å²) in [5, 5.41) is 2.79. The minimum atomic E-state index is -0.302. The second-order valence-electron chi connectivity index (χ2n) is 7.35. The number of piperidine rings is 1. The molecule has 1 saturated carbocycles. The van der Waals surface area contributed by atoms with E-state index in [-0.39, 0.29) is 29.7 Å². The number of hydrogen-bond acceptors (Lipinski definition) is 4. The van der Waals surface area contributed by atoms with Crippen LogP contribution >= 0.6 is 0 Å². The molecular formula is C20H26N2O4. The summed E-state index contributed by atoms with van der Waals surface area (Å²) in [6.07, 6.45) is 5.49. The van der Waals surface area contributed by atoms with Crippen LogP contribution in [0.5, 0.6) is 5.75 Å². The predicted octanol–water partition coefficient (Wildman–Crippen LogP) is 2.06. The third kappa shape index (κ3) is 4.06. The normalized spacial score (nSPS) is 19.0. The Balaban J connectivity index is 1.49. The lowest BCUT2D eigenvalue weighted by Gasteiger charge is -2.36. The average molecular weight is 358 g/mol. The highest BCUT2D eigenvalue weighted by Gasteiger charge is 2.45. The standard InChI is InChI=1S/C20H26N2O4/c1-26-16-7-3-2-6-15(16)8-11-21-17(23)14-22-18(24)12-20(13-19(22)25)9-4-5-10-20/h2-3,6-7H,4-5,8-14H2,1H3,(H,21,23). The fourth-order valence-corrected chi connectivity index (χ4v) is 4.13. The third-order valence-corrected chi connectivity index (χ3v) is 5.53. The van der Waals surface area contributed by atoms with Crippen molar-refractivity contribution in [1.82, 2.24) is 10.2 Å². The maximum atomic E-state index is 12.4. The zero-order chi connectivity index (χ0) is 18.6. The summed E-state index contributed by atoms with van der Waals surface area (Å²) in [6, 6.07) is 7.64. The van der Waals surface area contributed by atoms with Crippen LogP contribution in [0.15, 0.2) is 24.3 Å². The van der Waals surface area contributed by atoms with Crippen LogP contribution in [0.4, 0.5) is 0 Å². The van der Waals surface area contributed by atoms with Crippen LogP contribution in [0, 0.1) is 5.41 Å². The van der Waals surface area contributed by atoms with Crippen LogP contribution in [0.1, 0.15) is 44.1 Å². The van der Waals surface area contributed by atoms with Gasteiger partial charge in [-0.25, -0.2) is 0 Å². The highest BCUT2D eigenvalue weighted by atomic mass is 16.5. The molecule has 0 unspecified atom stereocenters. The molecule has 0 atom stereocenters. The lowest BCUT2D eigenvalue weighted by atomic mass is 9.76. The monoisotopic (exact) mass is 358 g/mol. The summed E-state index contributed by atoms with van der Waals surface area (Å²) in [7, 11) is 1.61. The first-order valence-electron chi connectivity index (χ1n) is 9.25. The van der Waals surface area contributed by atoms with Crippen molar-refractivity contribution in [2.75, 3.05) is 20.2 Å². The topological polar surface area (TPSA) is 75.7 Å². The first kappa shape index (κ1) is 18.4. The van der Waals surface area contributed by atoms with Gasteiger partial charge < -0.3 is 10.1 Å². The van der Waals surface area contributed by atoms with Crippen LogP contribution in [-0.2, 0) is 20.8 Å². The van der Waals surface area contributed by atoms with Crippen LogP contribution in [0.3, 0.4) is 0 Å². The van der Waals surface area contributed by atoms with Crippen molar-refractivity contribution in [2.24, 2.45) is 5.41 Å². The maximum absolute atomic E-state index is 12.4. The predicted molar refractivity (Wildman–Crippen MR) is 96.6 cm³/mol. The molecule has 1 spiro atoms. The van der Waals surface area contributed by atoms with Crippen molar-refractivity contribution in [3.8, 4) is 5.75 Å². The molecule has 1 aliphatic carbocycles. The number of rotatable bonds is 6. The smallest absolute Gasteiger partial charge is 0.240 e. The molecule has 1 aromatic carbocycles. The summed E-state index contributed by atoms with van der Waals surface area (Å²) >= 11 is 0. The Hall–Kier alpha value is -2.37. The molecule has 6 heteroatoms. The van der Waals surface area contributed by atoms with Gasteiger partial charge in [0.1, 0.15) is 12.3 Å². The van der Waals surface area contributed by atoms with Crippen molar-refractivity contribution in [1.29, 1.82) is 0 Å². The van der Waals surface area contributed by atoms with Gasteiger partial charge in [-0.3, -0.25) is 19.3 Å². The molecule has 1 heterocycles. The highest BCUT2D eigenvalue weighted by molar-refractivity contribution is 6.01. The molecule has 26 heavy (non-hydrogen) atoms. The maximum Gasteiger partial charge on any atom is 0.240 e. The third-order valence-electron chi connectivity index (χ3n) is 5.53. The molecule has 0 radical (unpaired) electrons. The Morgan fingerprint density at radius 3 is 2.46 bits per heavy atom. The number of benzene rings is 1. The number of methoxy groups -OCH3 is 1. The Morgan fingerprint density at radius 1 is 1.15 bits per heavy atom. The van der Waals surface area contributed by atoms with Gasteiger partial charge in [-0.1, -0.05) is 31.0 Å². The van der Waals surface area contributed by atoms with E-state index in [2.05, 4.69) is 5.32 Å². The number of amides is 3. The van der Waals surface area contributed by atoms with Gasteiger partial charge in [0.25, 0.3) is 0 Å². The molecule has 0 aromatic heterocycles. The van der Waals surface area contributed by atoms with Crippen LogP contribution in [0.25, 0.3) is 0 Å². The largest absolute Gasteiger partial charge is 0.496 e. The van der Waals surface area contributed by atoms with E-state index < -0.39 is 0 Å². The zero-order valence-electron chi connectivity index (χ0n) is 15.3. The van der Waals surface area contributed by atoms with Crippen LogP contribution in [-0.4, -0.2) is 42.8 Å². The Morgan fingerprint density at radius 2 is 1.81 bits per heavy atom. The molecule has 2 fully saturated rings. The van der Waals surface area contributed by atoms with Crippen molar-refractivity contribution < 1.29 is 19.1 Å². The van der Waals surface area contributed by atoms with Gasteiger partial charge in [0, 0.05) is 19.4 Å². The van der Waals surface area contributed by atoms with Crippen molar-refractivity contribution in [3.63, 3.8) is 0 Å². The van der Waals surface area contributed by atoms with Crippen molar-refractivity contribution in [2.45, 2.75) is 44.9 Å².